The quantitative estimate of drug-likeness (QED) is 0.529. The van der Waals surface area contributed by atoms with Gasteiger partial charge in [-0.05, 0) is 30.4 Å². The van der Waals surface area contributed by atoms with Gasteiger partial charge >= 0.3 is 0 Å². The molecule has 0 heterocycles. The van der Waals surface area contributed by atoms with Crippen molar-refractivity contribution in [2.45, 2.75) is 51.1 Å². The average Bonchev–Trinajstić information content (AvgIpc) is 2.67. The predicted molar refractivity (Wildman–Crippen MR) is 101 cm³/mol. The fourth-order valence-electron chi connectivity index (χ4n) is 3.71. The van der Waals surface area contributed by atoms with Crippen LogP contribution in [0.2, 0.25) is 0 Å². The Morgan fingerprint density at radius 1 is 0.920 bits per heavy atom. The van der Waals surface area contributed by atoms with Crippen molar-refractivity contribution in [3.63, 3.8) is 0 Å². The first-order valence-corrected chi connectivity index (χ1v) is 9.24. The van der Waals surface area contributed by atoms with Crippen LogP contribution in [0, 0.1) is 10.1 Å². The van der Waals surface area contributed by atoms with Gasteiger partial charge in [-0.25, -0.2) is 0 Å². The van der Waals surface area contributed by atoms with Crippen molar-refractivity contribution in [3.8, 4) is 0 Å². The molecule has 3 rings (SSSR count). The second kappa shape index (κ2) is 8.77. The molecule has 0 spiro atoms. The second-order valence-corrected chi connectivity index (χ2v) is 6.92. The molecule has 1 aliphatic carbocycles. The number of hydrogen-bond donors (Lipinski definition) is 0. The second-order valence-electron chi connectivity index (χ2n) is 6.92. The number of nitro groups is 1. The molecule has 1 fully saturated rings. The van der Waals surface area contributed by atoms with Gasteiger partial charge in [-0.3, -0.25) is 15.0 Å². The fourth-order valence-corrected chi connectivity index (χ4v) is 3.71. The van der Waals surface area contributed by atoms with Gasteiger partial charge < -0.3 is 0 Å². The first-order valence-electron chi connectivity index (χ1n) is 9.24. The Kier molecular flexibility index (Phi) is 6.18. The Labute approximate surface area is 149 Å². The van der Waals surface area contributed by atoms with Gasteiger partial charge in [0.25, 0.3) is 5.69 Å². The molecule has 0 radical (unpaired) electrons. The van der Waals surface area contributed by atoms with E-state index in [9.17, 15) is 10.1 Å². The molecule has 0 bridgehead atoms. The topological polar surface area (TPSA) is 46.4 Å². The number of nitro benzene ring substituents is 1. The predicted octanol–water partition coefficient (Wildman–Crippen LogP) is 4.97. The minimum Gasteiger partial charge on any atom is -0.296 e. The lowest BCUT2D eigenvalue weighted by molar-refractivity contribution is -0.384. The van der Waals surface area contributed by atoms with Crippen molar-refractivity contribution < 1.29 is 4.92 Å². The van der Waals surface area contributed by atoms with Gasteiger partial charge in [-0.1, -0.05) is 61.7 Å². The van der Waals surface area contributed by atoms with E-state index >= 15 is 0 Å². The summed E-state index contributed by atoms with van der Waals surface area (Å²) < 4.78 is 0. The highest BCUT2D eigenvalue weighted by molar-refractivity contribution is 5.32. The van der Waals surface area contributed by atoms with Crippen LogP contribution in [0.4, 0.5) is 5.69 Å². The molecule has 1 aliphatic rings. The Morgan fingerprint density at radius 3 is 2.24 bits per heavy atom. The lowest BCUT2D eigenvalue weighted by Crippen LogP contribution is -2.37. The maximum Gasteiger partial charge on any atom is 0.269 e. The highest BCUT2D eigenvalue weighted by Gasteiger charge is 2.21. The minimum absolute atomic E-state index is 0.164. The van der Waals surface area contributed by atoms with Crippen LogP contribution in [0.1, 0.15) is 43.2 Å². The first kappa shape index (κ1) is 17.6. The third kappa shape index (κ3) is 5.13. The maximum atomic E-state index is 10.8. The van der Waals surface area contributed by atoms with Crippen LogP contribution in [0.5, 0.6) is 0 Å². The van der Waals surface area contributed by atoms with Gasteiger partial charge in [0.1, 0.15) is 0 Å². The van der Waals surface area contributed by atoms with Crippen molar-refractivity contribution in [2.75, 3.05) is 6.54 Å². The molecule has 0 atom stereocenters. The van der Waals surface area contributed by atoms with Crippen molar-refractivity contribution in [1.82, 2.24) is 4.90 Å². The molecule has 1 saturated carbocycles. The minimum atomic E-state index is -0.335. The molecule has 0 N–H and O–H groups in total. The Morgan fingerprint density at radius 2 is 1.60 bits per heavy atom. The number of rotatable bonds is 7. The third-order valence-electron chi connectivity index (χ3n) is 5.15. The molecule has 2 aromatic carbocycles. The van der Waals surface area contributed by atoms with Crippen molar-refractivity contribution in [2.24, 2.45) is 0 Å². The summed E-state index contributed by atoms with van der Waals surface area (Å²) in [6.07, 6.45) is 7.55. The summed E-state index contributed by atoms with van der Waals surface area (Å²) >= 11 is 0. The lowest BCUT2D eigenvalue weighted by atomic mass is 9.93. The Hall–Kier alpha value is -2.20. The summed E-state index contributed by atoms with van der Waals surface area (Å²) in [6, 6.07) is 18.3. The molecular weight excluding hydrogens is 312 g/mol. The van der Waals surface area contributed by atoms with E-state index in [0.29, 0.717) is 6.04 Å². The highest BCUT2D eigenvalue weighted by Crippen LogP contribution is 2.25. The van der Waals surface area contributed by atoms with E-state index in [4.69, 9.17) is 0 Å². The van der Waals surface area contributed by atoms with Gasteiger partial charge in [0.15, 0.2) is 0 Å². The van der Waals surface area contributed by atoms with E-state index in [-0.39, 0.29) is 10.6 Å². The van der Waals surface area contributed by atoms with Gasteiger partial charge in [0.05, 0.1) is 4.92 Å². The smallest absolute Gasteiger partial charge is 0.269 e. The number of non-ortho nitro benzene ring substituents is 1. The van der Waals surface area contributed by atoms with E-state index < -0.39 is 0 Å². The summed E-state index contributed by atoms with van der Waals surface area (Å²) in [7, 11) is 0. The summed E-state index contributed by atoms with van der Waals surface area (Å²) in [6.45, 7) is 1.90. The largest absolute Gasteiger partial charge is 0.296 e. The molecule has 0 unspecified atom stereocenters. The van der Waals surface area contributed by atoms with E-state index in [2.05, 4.69) is 35.2 Å². The molecule has 132 valence electrons. The number of nitrogens with zero attached hydrogens (tertiary/aromatic N) is 2. The zero-order valence-electron chi connectivity index (χ0n) is 14.6. The molecule has 0 aliphatic heterocycles. The van der Waals surface area contributed by atoms with E-state index in [1.807, 2.05) is 12.1 Å². The third-order valence-corrected chi connectivity index (χ3v) is 5.15. The Balaban J connectivity index is 1.67. The zero-order valence-corrected chi connectivity index (χ0v) is 14.6. The normalized spacial score (nSPS) is 15.4. The van der Waals surface area contributed by atoms with Gasteiger partial charge in [-0.15, -0.1) is 0 Å². The van der Waals surface area contributed by atoms with E-state index in [0.717, 1.165) is 25.1 Å². The van der Waals surface area contributed by atoms with Gasteiger partial charge in [0.2, 0.25) is 0 Å². The standard InChI is InChI=1S/C21H26N2O2/c24-23(25)21-13-11-19(12-14-21)17-22(20-9-5-2-6-10-20)16-15-18-7-3-1-4-8-18/h1,3-4,7-8,11-14,20H,2,5-6,9-10,15-17H2. The summed E-state index contributed by atoms with van der Waals surface area (Å²) in [5.74, 6) is 0. The van der Waals surface area contributed by atoms with Gasteiger partial charge in [0, 0.05) is 31.3 Å². The van der Waals surface area contributed by atoms with Gasteiger partial charge in [-0.2, -0.15) is 0 Å². The van der Waals surface area contributed by atoms with E-state index in [1.165, 1.54) is 37.7 Å². The molecule has 4 nitrogen and oxygen atoms in total. The summed E-state index contributed by atoms with van der Waals surface area (Å²) in [5.41, 5.74) is 2.69. The SMILES string of the molecule is O=[N+]([O-])c1ccc(CN(CCc2ccccc2)C2CCCCC2)cc1. The lowest BCUT2D eigenvalue weighted by Gasteiger charge is -2.34. The Bertz CT molecular complexity index is 664. The van der Waals surface area contributed by atoms with Crippen LogP contribution >= 0.6 is 0 Å². The van der Waals surface area contributed by atoms with Crippen LogP contribution in [0.3, 0.4) is 0 Å². The van der Waals surface area contributed by atoms with Crippen molar-refractivity contribution in [3.05, 3.63) is 75.8 Å². The first-order chi connectivity index (χ1) is 12.2. The molecule has 2 aromatic rings. The molecule has 0 amide bonds. The van der Waals surface area contributed by atoms with Crippen LogP contribution in [0.15, 0.2) is 54.6 Å². The maximum absolute atomic E-state index is 10.8. The van der Waals surface area contributed by atoms with Crippen LogP contribution in [-0.4, -0.2) is 22.4 Å². The highest BCUT2D eigenvalue weighted by atomic mass is 16.6. The molecule has 4 heteroatoms. The molecule has 25 heavy (non-hydrogen) atoms. The summed E-state index contributed by atoms with van der Waals surface area (Å²) in [4.78, 5) is 13.1. The van der Waals surface area contributed by atoms with Crippen LogP contribution in [-0.2, 0) is 13.0 Å². The fraction of sp³-hybridized carbons (Fsp3) is 0.429. The van der Waals surface area contributed by atoms with E-state index in [1.54, 1.807) is 12.1 Å². The average molecular weight is 338 g/mol. The zero-order chi connectivity index (χ0) is 17.5. The van der Waals surface area contributed by atoms with Crippen molar-refractivity contribution >= 4 is 5.69 Å². The molecule has 0 saturated heterocycles. The molecule has 0 aromatic heterocycles. The van der Waals surface area contributed by atoms with Crippen LogP contribution < -0.4 is 0 Å². The number of benzene rings is 2. The monoisotopic (exact) mass is 338 g/mol. The molecular formula is C21H26N2O2. The summed E-state index contributed by atoms with van der Waals surface area (Å²) in [5, 5.41) is 10.8. The van der Waals surface area contributed by atoms with Crippen molar-refractivity contribution in [1.29, 1.82) is 0 Å². The van der Waals surface area contributed by atoms with Crippen LogP contribution in [0.25, 0.3) is 0 Å². The number of hydrogen-bond acceptors (Lipinski definition) is 3.